The Kier molecular flexibility index (Phi) is 5.34. The maximum absolute atomic E-state index is 13.3. The first-order valence-electron chi connectivity index (χ1n) is 8.33. The molecule has 0 spiro atoms. The van der Waals surface area contributed by atoms with E-state index in [0.29, 0.717) is 23.0 Å². The number of nitrogens with zero attached hydrogens (tertiary/aromatic N) is 4. The van der Waals surface area contributed by atoms with Gasteiger partial charge >= 0.3 is 0 Å². The highest BCUT2D eigenvalue weighted by molar-refractivity contribution is 6.30. The molecule has 3 rings (SSSR count). The predicted octanol–water partition coefficient (Wildman–Crippen LogP) is 2.44. The van der Waals surface area contributed by atoms with Crippen molar-refractivity contribution in [3.05, 3.63) is 40.4 Å². The van der Waals surface area contributed by atoms with Crippen molar-refractivity contribution in [1.82, 2.24) is 25.2 Å². The molecule has 1 aliphatic heterocycles. The van der Waals surface area contributed by atoms with E-state index < -0.39 is 5.82 Å². The Bertz CT molecular complexity index is 770. The number of amides is 1. The SMILES string of the molecule is CNCC1CCN(C(=O)c2nnn(-c3ccc(F)c(Cl)c3)c2C)CC1. The van der Waals surface area contributed by atoms with Crippen LogP contribution in [-0.4, -0.2) is 52.5 Å². The van der Waals surface area contributed by atoms with Gasteiger partial charge in [0.2, 0.25) is 0 Å². The third-order valence-electron chi connectivity index (χ3n) is 4.64. The van der Waals surface area contributed by atoms with Gasteiger partial charge in [-0.1, -0.05) is 16.8 Å². The zero-order valence-corrected chi connectivity index (χ0v) is 15.1. The Morgan fingerprint density at radius 3 is 2.76 bits per heavy atom. The summed E-state index contributed by atoms with van der Waals surface area (Å²) in [6.07, 6.45) is 1.96. The second kappa shape index (κ2) is 7.49. The summed E-state index contributed by atoms with van der Waals surface area (Å²) in [5.74, 6) is -0.00372. The van der Waals surface area contributed by atoms with Crippen molar-refractivity contribution < 1.29 is 9.18 Å². The summed E-state index contributed by atoms with van der Waals surface area (Å²) in [6, 6.07) is 4.29. The van der Waals surface area contributed by atoms with Crippen LogP contribution in [0, 0.1) is 18.7 Å². The lowest BCUT2D eigenvalue weighted by Gasteiger charge is -2.31. The Morgan fingerprint density at radius 1 is 1.40 bits per heavy atom. The minimum atomic E-state index is -0.496. The van der Waals surface area contributed by atoms with E-state index in [4.69, 9.17) is 11.6 Å². The van der Waals surface area contributed by atoms with Crippen molar-refractivity contribution in [2.45, 2.75) is 19.8 Å². The van der Waals surface area contributed by atoms with Crippen molar-refractivity contribution >= 4 is 17.5 Å². The van der Waals surface area contributed by atoms with E-state index >= 15 is 0 Å². The number of rotatable bonds is 4. The van der Waals surface area contributed by atoms with Crippen LogP contribution in [0.1, 0.15) is 29.0 Å². The van der Waals surface area contributed by atoms with E-state index in [1.54, 1.807) is 13.0 Å². The number of piperidine rings is 1. The largest absolute Gasteiger partial charge is 0.337 e. The van der Waals surface area contributed by atoms with Crippen LogP contribution in [-0.2, 0) is 0 Å². The van der Waals surface area contributed by atoms with E-state index in [2.05, 4.69) is 15.6 Å². The molecular formula is C17H21ClFN5O. The van der Waals surface area contributed by atoms with Gasteiger partial charge in [0.1, 0.15) is 5.82 Å². The third kappa shape index (κ3) is 3.67. The van der Waals surface area contributed by atoms with E-state index in [0.717, 1.165) is 32.5 Å². The average Bonchev–Trinajstić information content (AvgIpc) is 2.99. The van der Waals surface area contributed by atoms with Gasteiger partial charge in [-0.25, -0.2) is 9.07 Å². The van der Waals surface area contributed by atoms with Crippen LogP contribution < -0.4 is 5.32 Å². The summed E-state index contributed by atoms with van der Waals surface area (Å²) in [4.78, 5) is 14.6. The van der Waals surface area contributed by atoms with Crippen molar-refractivity contribution in [3.63, 3.8) is 0 Å². The Hall–Kier alpha value is -1.99. The number of benzene rings is 1. The zero-order valence-electron chi connectivity index (χ0n) is 14.3. The second-order valence-electron chi connectivity index (χ2n) is 6.33. The first kappa shape index (κ1) is 17.8. The number of aromatic nitrogens is 3. The van der Waals surface area contributed by atoms with E-state index in [1.165, 1.54) is 16.8 Å². The lowest BCUT2D eigenvalue weighted by molar-refractivity contribution is 0.0684. The number of carbonyl (C=O) groups is 1. The Morgan fingerprint density at radius 2 is 2.12 bits per heavy atom. The molecule has 2 aromatic rings. The monoisotopic (exact) mass is 365 g/mol. The Labute approximate surface area is 151 Å². The fourth-order valence-corrected chi connectivity index (χ4v) is 3.34. The maximum atomic E-state index is 13.3. The number of carbonyl (C=O) groups excluding carboxylic acids is 1. The maximum Gasteiger partial charge on any atom is 0.276 e. The summed E-state index contributed by atoms with van der Waals surface area (Å²) in [6.45, 7) is 4.19. The molecule has 0 unspecified atom stereocenters. The van der Waals surface area contributed by atoms with Gasteiger partial charge in [-0.3, -0.25) is 4.79 Å². The van der Waals surface area contributed by atoms with E-state index in [9.17, 15) is 9.18 Å². The summed E-state index contributed by atoms with van der Waals surface area (Å²) in [5.41, 5.74) is 1.51. The zero-order chi connectivity index (χ0) is 18.0. The average molecular weight is 366 g/mol. The highest BCUT2D eigenvalue weighted by Crippen LogP contribution is 2.22. The van der Waals surface area contributed by atoms with E-state index in [1.807, 2.05) is 11.9 Å². The molecule has 6 nitrogen and oxygen atoms in total. The molecule has 1 fully saturated rings. The van der Waals surface area contributed by atoms with Crippen LogP contribution in [0.3, 0.4) is 0 Å². The smallest absolute Gasteiger partial charge is 0.276 e. The van der Waals surface area contributed by atoms with Gasteiger partial charge < -0.3 is 10.2 Å². The van der Waals surface area contributed by atoms with Gasteiger partial charge in [-0.2, -0.15) is 0 Å². The molecular weight excluding hydrogens is 345 g/mol. The van der Waals surface area contributed by atoms with Gasteiger partial charge in [0.15, 0.2) is 5.69 Å². The van der Waals surface area contributed by atoms with Crippen molar-refractivity contribution in [2.75, 3.05) is 26.7 Å². The van der Waals surface area contributed by atoms with Gasteiger partial charge in [0.05, 0.1) is 16.4 Å². The number of hydrogen-bond acceptors (Lipinski definition) is 4. The molecule has 1 aliphatic rings. The van der Waals surface area contributed by atoms with Crippen molar-refractivity contribution in [3.8, 4) is 5.69 Å². The molecule has 0 aliphatic carbocycles. The topological polar surface area (TPSA) is 63.1 Å². The minimum Gasteiger partial charge on any atom is -0.337 e. The minimum absolute atomic E-state index is 0.00637. The number of hydrogen-bond donors (Lipinski definition) is 1. The van der Waals surface area contributed by atoms with Crippen LogP contribution in [0.2, 0.25) is 5.02 Å². The molecule has 0 bridgehead atoms. The lowest BCUT2D eigenvalue weighted by atomic mass is 9.96. The highest BCUT2D eigenvalue weighted by Gasteiger charge is 2.27. The summed E-state index contributed by atoms with van der Waals surface area (Å²) >= 11 is 5.83. The molecule has 1 aromatic carbocycles. The fraction of sp³-hybridized carbons (Fsp3) is 0.471. The molecule has 1 saturated heterocycles. The van der Waals surface area contributed by atoms with Crippen LogP contribution >= 0.6 is 11.6 Å². The van der Waals surface area contributed by atoms with Gasteiger partial charge in [-0.05, 0) is 57.5 Å². The van der Waals surface area contributed by atoms with E-state index in [-0.39, 0.29) is 10.9 Å². The molecule has 1 N–H and O–H groups in total. The second-order valence-corrected chi connectivity index (χ2v) is 6.73. The normalized spacial score (nSPS) is 15.6. The first-order valence-corrected chi connectivity index (χ1v) is 8.70. The standard InChI is InChI=1S/C17H21ClFN5O/c1-11-16(17(25)23-7-5-12(6-8-23)10-20-2)21-22-24(11)13-3-4-15(19)14(18)9-13/h3-4,9,12,20H,5-8,10H2,1-2H3. The third-order valence-corrected chi connectivity index (χ3v) is 4.93. The number of nitrogens with one attached hydrogen (secondary N) is 1. The summed E-state index contributed by atoms with van der Waals surface area (Å²) in [7, 11) is 1.95. The van der Waals surface area contributed by atoms with Gasteiger partial charge in [0, 0.05) is 13.1 Å². The first-order chi connectivity index (χ1) is 12.0. The summed E-state index contributed by atoms with van der Waals surface area (Å²) in [5, 5.41) is 11.3. The molecule has 2 heterocycles. The molecule has 25 heavy (non-hydrogen) atoms. The fourth-order valence-electron chi connectivity index (χ4n) is 3.17. The van der Waals surface area contributed by atoms with Crippen molar-refractivity contribution in [2.24, 2.45) is 5.92 Å². The van der Waals surface area contributed by atoms with Crippen LogP contribution in [0.15, 0.2) is 18.2 Å². The summed E-state index contributed by atoms with van der Waals surface area (Å²) < 4.78 is 14.8. The molecule has 8 heteroatoms. The predicted molar refractivity (Wildman–Crippen MR) is 93.6 cm³/mol. The number of likely N-dealkylation sites (tertiary alicyclic amines) is 1. The molecule has 1 amide bonds. The molecule has 0 atom stereocenters. The molecule has 134 valence electrons. The number of halogens is 2. The lowest BCUT2D eigenvalue weighted by Crippen LogP contribution is -2.40. The van der Waals surface area contributed by atoms with Crippen LogP contribution in [0.5, 0.6) is 0 Å². The van der Waals surface area contributed by atoms with Gasteiger partial charge in [0.25, 0.3) is 5.91 Å². The van der Waals surface area contributed by atoms with Gasteiger partial charge in [-0.15, -0.1) is 5.10 Å². The Balaban J connectivity index is 1.77. The molecule has 1 aromatic heterocycles. The molecule has 0 saturated carbocycles. The van der Waals surface area contributed by atoms with Crippen LogP contribution in [0.4, 0.5) is 4.39 Å². The quantitative estimate of drug-likeness (QED) is 0.904. The molecule has 0 radical (unpaired) electrons. The highest BCUT2D eigenvalue weighted by atomic mass is 35.5. The van der Waals surface area contributed by atoms with Crippen molar-refractivity contribution in [1.29, 1.82) is 0 Å². The van der Waals surface area contributed by atoms with Crippen LogP contribution in [0.25, 0.3) is 5.69 Å².